The van der Waals surface area contributed by atoms with Crippen LogP contribution in [0.4, 0.5) is 0 Å². The molecule has 1 nitrogen and oxygen atoms in total. The first-order chi connectivity index (χ1) is 7.07. The molecule has 0 aliphatic heterocycles. The van der Waals surface area contributed by atoms with Crippen LogP contribution in [0.15, 0.2) is 18.2 Å². The first kappa shape index (κ1) is 10.7. The Balaban J connectivity index is 2.44. The van der Waals surface area contributed by atoms with E-state index in [1.54, 1.807) is 0 Å². The Morgan fingerprint density at radius 2 is 2.00 bits per heavy atom. The average molecular weight is 203 g/mol. The minimum atomic E-state index is 0.0102. The summed E-state index contributed by atoms with van der Waals surface area (Å²) in [4.78, 5) is 0. The van der Waals surface area contributed by atoms with Crippen molar-refractivity contribution in [2.75, 3.05) is 0 Å². The molecule has 1 aliphatic rings. The van der Waals surface area contributed by atoms with Crippen LogP contribution in [0.25, 0.3) is 0 Å². The molecule has 2 N–H and O–H groups in total. The number of nitrogens with two attached hydrogens (primary N) is 1. The van der Waals surface area contributed by atoms with E-state index in [1.807, 2.05) is 0 Å². The Hall–Kier alpha value is -0.820. The van der Waals surface area contributed by atoms with E-state index in [1.165, 1.54) is 16.7 Å². The van der Waals surface area contributed by atoms with Gasteiger partial charge < -0.3 is 5.73 Å². The highest BCUT2D eigenvalue weighted by Crippen LogP contribution is 2.44. The smallest absolute Gasteiger partial charge is 0.0414 e. The molecule has 1 fully saturated rings. The fourth-order valence-corrected chi connectivity index (χ4v) is 2.13. The summed E-state index contributed by atoms with van der Waals surface area (Å²) in [5.41, 5.74) is 10.6. The summed E-state index contributed by atoms with van der Waals surface area (Å²) in [5.74, 6) is 0.594. The molecule has 2 rings (SSSR count). The van der Waals surface area contributed by atoms with Gasteiger partial charge >= 0.3 is 0 Å². The van der Waals surface area contributed by atoms with E-state index in [-0.39, 0.29) is 5.54 Å². The minimum absolute atomic E-state index is 0.0102. The lowest BCUT2D eigenvalue weighted by Crippen LogP contribution is -2.21. The van der Waals surface area contributed by atoms with Crippen molar-refractivity contribution >= 4 is 0 Å². The van der Waals surface area contributed by atoms with Crippen molar-refractivity contribution in [1.29, 1.82) is 0 Å². The van der Waals surface area contributed by atoms with Crippen molar-refractivity contribution < 1.29 is 0 Å². The van der Waals surface area contributed by atoms with Gasteiger partial charge in [-0.15, -0.1) is 0 Å². The van der Waals surface area contributed by atoms with E-state index >= 15 is 0 Å². The van der Waals surface area contributed by atoms with Crippen LogP contribution in [0.1, 0.15) is 56.2 Å². The van der Waals surface area contributed by atoms with Crippen LogP contribution in [0.2, 0.25) is 0 Å². The van der Waals surface area contributed by atoms with Crippen molar-refractivity contribution in [3.8, 4) is 0 Å². The van der Waals surface area contributed by atoms with Crippen LogP contribution in [0, 0.1) is 0 Å². The maximum atomic E-state index is 6.31. The molecule has 0 atom stereocenters. The standard InChI is InChI=1S/C14H21N/c1-4-11-5-6-12(10(2)3)9-13(11)14(15)7-8-14/h5-6,9-10H,4,7-8,15H2,1-3H3. The molecule has 1 saturated carbocycles. The topological polar surface area (TPSA) is 26.0 Å². The maximum absolute atomic E-state index is 6.31. The fourth-order valence-electron chi connectivity index (χ4n) is 2.13. The molecule has 15 heavy (non-hydrogen) atoms. The van der Waals surface area contributed by atoms with E-state index in [0.717, 1.165) is 19.3 Å². The molecule has 0 spiro atoms. The Morgan fingerprint density at radius 3 is 2.47 bits per heavy atom. The van der Waals surface area contributed by atoms with Crippen molar-refractivity contribution in [3.63, 3.8) is 0 Å². The second-order valence-electron chi connectivity index (χ2n) is 5.08. The third kappa shape index (κ3) is 1.93. The van der Waals surface area contributed by atoms with E-state index in [9.17, 15) is 0 Å². The van der Waals surface area contributed by atoms with Crippen LogP contribution >= 0.6 is 0 Å². The predicted molar refractivity (Wildman–Crippen MR) is 65.0 cm³/mol. The van der Waals surface area contributed by atoms with Gasteiger partial charge in [0.1, 0.15) is 0 Å². The Kier molecular flexibility index (Phi) is 2.59. The molecule has 0 amide bonds. The maximum Gasteiger partial charge on any atom is 0.0414 e. The molecular formula is C14H21N. The second-order valence-corrected chi connectivity index (χ2v) is 5.08. The molecule has 82 valence electrons. The van der Waals surface area contributed by atoms with Crippen LogP contribution < -0.4 is 5.73 Å². The highest BCUT2D eigenvalue weighted by atomic mass is 14.8. The summed E-state index contributed by atoms with van der Waals surface area (Å²) < 4.78 is 0. The summed E-state index contributed by atoms with van der Waals surface area (Å²) in [6.45, 7) is 6.68. The lowest BCUT2D eigenvalue weighted by atomic mass is 9.91. The molecule has 1 aliphatic carbocycles. The molecule has 0 bridgehead atoms. The first-order valence-electron chi connectivity index (χ1n) is 5.99. The van der Waals surface area contributed by atoms with Crippen LogP contribution in [-0.2, 0) is 12.0 Å². The summed E-state index contributed by atoms with van der Waals surface area (Å²) in [6, 6.07) is 6.84. The summed E-state index contributed by atoms with van der Waals surface area (Å²) >= 11 is 0. The zero-order chi connectivity index (χ0) is 11.1. The molecular weight excluding hydrogens is 182 g/mol. The van der Waals surface area contributed by atoms with Gasteiger partial charge in [-0.25, -0.2) is 0 Å². The molecule has 0 heterocycles. The molecule has 1 aromatic rings. The van der Waals surface area contributed by atoms with Crippen molar-refractivity contribution in [2.24, 2.45) is 5.73 Å². The van der Waals surface area contributed by atoms with Crippen molar-refractivity contribution in [1.82, 2.24) is 0 Å². The van der Waals surface area contributed by atoms with Crippen LogP contribution in [-0.4, -0.2) is 0 Å². The highest BCUT2D eigenvalue weighted by molar-refractivity contribution is 5.41. The second kappa shape index (κ2) is 3.64. The zero-order valence-corrected chi connectivity index (χ0v) is 10.0. The normalized spacial score (nSPS) is 18.2. The van der Waals surface area contributed by atoms with Gasteiger partial charge in [-0.05, 0) is 41.9 Å². The molecule has 0 aromatic heterocycles. The summed E-state index contributed by atoms with van der Waals surface area (Å²) in [6.07, 6.45) is 3.40. The van der Waals surface area contributed by atoms with Gasteiger partial charge in [-0.2, -0.15) is 0 Å². The Labute approximate surface area is 92.7 Å². The van der Waals surface area contributed by atoms with E-state index in [0.29, 0.717) is 5.92 Å². The van der Waals surface area contributed by atoms with Gasteiger partial charge in [0.25, 0.3) is 0 Å². The lowest BCUT2D eigenvalue weighted by Gasteiger charge is -2.17. The SMILES string of the molecule is CCc1ccc(C(C)C)cc1C1(N)CC1. The third-order valence-corrected chi connectivity index (χ3v) is 3.51. The molecule has 1 heteroatoms. The minimum Gasteiger partial charge on any atom is -0.321 e. The third-order valence-electron chi connectivity index (χ3n) is 3.51. The number of benzene rings is 1. The molecule has 0 unspecified atom stereocenters. The van der Waals surface area contributed by atoms with Crippen molar-refractivity contribution in [2.45, 2.75) is 51.5 Å². The first-order valence-corrected chi connectivity index (χ1v) is 5.99. The van der Waals surface area contributed by atoms with Crippen molar-refractivity contribution in [3.05, 3.63) is 34.9 Å². The number of aryl methyl sites for hydroxylation is 1. The van der Waals surface area contributed by atoms with Gasteiger partial charge in [0, 0.05) is 5.54 Å². The zero-order valence-electron chi connectivity index (χ0n) is 10.0. The van der Waals surface area contributed by atoms with E-state index in [2.05, 4.69) is 39.0 Å². The number of rotatable bonds is 3. The van der Waals surface area contributed by atoms with Gasteiger partial charge in [-0.1, -0.05) is 39.0 Å². The van der Waals surface area contributed by atoms with Gasteiger partial charge in [0.2, 0.25) is 0 Å². The van der Waals surface area contributed by atoms with Gasteiger partial charge in [0.05, 0.1) is 0 Å². The summed E-state index contributed by atoms with van der Waals surface area (Å²) in [5, 5.41) is 0. The Bertz CT molecular complexity index is 362. The molecule has 0 saturated heterocycles. The van der Waals surface area contributed by atoms with Crippen LogP contribution in [0.5, 0.6) is 0 Å². The quantitative estimate of drug-likeness (QED) is 0.801. The number of hydrogen-bond acceptors (Lipinski definition) is 1. The largest absolute Gasteiger partial charge is 0.321 e. The van der Waals surface area contributed by atoms with E-state index in [4.69, 9.17) is 5.73 Å². The molecule has 1 aromatic carbocycles. The van der Waals surface area contributed by atoms with Crippen LogP contribution in [0.3, 0.4) is 0 Å². The highest BCUT2D eigenvalue weighted by Gasteiger charge is 2.41. The summed E-state index contributed by atoms with van der Waals surface area (Å²) in [7, 11) is 0. The van der Waals surface area contributed by atoms with Gasteiger partial charge in [-0.3, -0.25) is 0 Å². The predicted octanol–water partition coefficient (Wildman–Crippen LogP) is 3.32. The number of hydrogen-bond donors (Lipinski definition) is 1. The molecule has 0 radical (unpaired) electrons. The van der Waals surface area contributed by atoms with Gasteiger partial charge in [0.15, 0.2) is 0 Å². The fraction of sp³-hybridized carbons (Fsp3) is 0.571. The average Bonchev–Trinajstić information content (AvgIpc) is 2.96. The van der Waals surface area contributed by atoms with E-state index < -0.39 is 0 Å². The Morgan fingerprint density at radius 1 is 1.33 bits per heavy atom. The lowest BCUT2D eigenvalue weighted by molar-refractivity contribution is 0.721. The monoisotopic (exact) mass is 203 g/mol.